The third kappa shape index (κ3) is 5.91. The second-order valence-electron chi connectivity index (χ2n) is 5.32. The maximum Gasteiger partial charge on any atom is 0.258 e. The first kappa shape index (κ1) is 18.4. The molecule has 0 unspecified atom stereocenters. The third-order valence-corrected chi connectivity index (χ3v) is 3.43. The summed E-state index contributed by atoms with van der Waals surface area (Å²) in [6, 6.07) is 12.8. The van der Waals surface area contributed by atoms with E-state index in [9.17, 15) is 4.79 Å². The van der Waals surface area contributed by atoms with Crippen molar-refractivity contribution in [3.8, 4) is 23.0 Å². The summed E-state index contributed by atoms with van der Waals surface area (Å²) in [4.78, 5) is 11.8. The number of methoxy groups -OCH3 is 2. The Morgan fingerprint density at radius 3 is 2.32 bits per heavy atom. The molecule has 0 heterocycles. The molecule has 0 aliphatic carbocycles. The molecule has 6 heteroatoms. The van der Waals surface area contributed by atoms with Crippen LogP contribution < -0.4 is 24.3 Å². The molecule has 0 spiro atoms. The molecule has 2 rings (SSSR count). The predicted octanol–water partition coefficient (Wildman–Crippen LogP) is 2.59. The lowest BCUT2D eigenvalue weighted by Gasteiger charge is -2.12. The van der Waals surface area contributed by atoms with E-state index < -0.39 is 0 Å². The van der Waals surface area contributed by atoms with E-state index in [1.807, 2.05) is 43.3 Å². The molecule has 25 heavy (non-hydrogen) atoms. The van der Waals surface area contributed by atoms with Crippen LogP contribution in [0.15, 0.2) is 42.5 Å². The second kappa shape index (κ2) is 9.42. The van der Waals surface area contributed by atoms with Gasteiger partial charge in [0.05, 0.1) is 20.8 Å². The molecule has 6 nitrogen and oxygen atoms in total. The van der Waals surface area contributed by atoms with Crippen molar-refractivity contribution in [2.75, 3.05) is 34.0 Å². The lowest BCUT2D eigenvalue weighted by molar-refractivity contribution is -0.123. The maximum absolute atomic E-state index is 11.8. The minimum atomic E-state index is -0.221. The number of aryl methyl sites for hydroxylation is 1. The molecule has 0 aliphatic heterocycles. The fraction of sp³-hybridized carbons (Fsp3) is 0.316. The van der Waals surface area contributed by atoms with Gasteiger partial charge in [-0.1, -0.05) is 6.07 Å². The Balaban J connectivity index is 1.68. The monoisotopic (exact) mass is 345 g/mol. The summed E-state index contributed by atoms with van der Waals surface area (Å²) in [5.41, 5.74) is 1.06. The molecule has 0 atom stereocenters. The van der Waals surface area contributed by atoms with Gasteiger partial charge in [-0.2, -0.15) is 0 Å². The highest BCUT2D eigenvalue weighted by Crippen LogP contribution is 2.27. The van der Waals surface area contributed by atoms with Crippen molar-refractivity contribution in [1.29, 1.82) is 0 Å². The van der Waals surface area contributed by atoms with Crippen molar-refractivity contribution in [2.24, 2.45) is 0 Å². The molecule has 0 aliphatic rings. The number of carbonyl (C=O) groups excluding carboxylic acids is 1. The van der Waals surface area contributed by atoms with Crippen LogP contribution in [0.3, 0.4) is 0 Å². The van der Waals surface area contributed by atoms with Crippen LogP contribution in [0.2, 0.25) is 0 Å². The Morgan fingerprint density at radius 1 is 0.920 bits per heavy atom. The van der Waals surface area contributed by atoms with Crippen molar-refractivity contribution in [1.82, 2.24) is 5.32 Å². The van der Waals surface area contributed by atoms with Crippen molar-refractivity contribution in [3.05, 3.63) is 48.0 Å². The van der Waals surface area contributed by atoms with Gasteiger partial charge in [0, 0.05) is 0 Å². The van der Waals surface area contributed by atoms with Crippen LogP contribution in [0.1, 0.15) is 5.56 Å². The van der Waals surface area contributed by atoms with E-state index >= 15 is 0 Å². The Bertz CT molecular complexity index is 685. The Hall–Kier alpha value is -2.89. The van der Waals surface area contributed by atoms with Crippen LogP contribution >= 0.6 is 0 Å². The molecule has 1 N–H and O–H groups in total. The van der Waals surface area contributed by atoms with Crippen molar-refractivity contribution in [3.63, 3.8) is 0 Å². The van der Waals surface area contributed by atoms with Crippen LogP contribution in [0.5, 0.6) is 23.0 Å². The first-order valence-electron chi connectivity index (χ1n) is 7.93. The summed E-state index contributed by atoms with van der Waals surface area (Å²) in [6.45, 7) is 2.63. The molecule has 0 aromatic heterocycles. The van der Waals surface area contributed by atoms with Gasteiger partial charge in [-0.15, -0.1) is 0 Å². The number of benzene rings is 2. The van der Waals surface area contributed by atoms with Gasteiger partial charge in [-0.05, 0) is 48.9 Å². The van der Waals surface area contributed by atoms with E-state index in [0.717, 1.165) is 17.1 Å². The van der Waals surface area contributed by atoms with Crippen LogP contribution in [0, 0.1) is 6.92 Å². The highest BCUT2D eigenvalue weighted by Gasteiger charge is 2.07. The van der Waals surface area contributed by atoms with Gasteiger partial charge in [-0.25, -0.2) is 0 Å². The zero-order valence-corrected chi connectivity index (χ0v) is 14.7. The first-order valence-corrected chi connectivity index (χ1v) is 7.93. The topological polar surface area (TPSA) is 66.0 Å². The van der Waals surface area contributed by atoms with Gasteiger partial charge >= 0.3 is 0 Å². The molecule has 2 aromatic carbocycles. The number of rotatable bonds is 9. The molecule has 2 aromatic rings. The highest BCUT2D eigenvalue weighted by molar-refractivity contribution is 5.77. The Morgan fingerprint density at radius 2 is 1.64 bits per heavy atom. The minimum Gasteiger partial charge on any atom is -0.497 e. The molecule has 134 valence electrons. The first-order chi connectivity index (χ1) is 12.1. The summed E-state index contributed by atoms with van der Waals surface area (Å²) in [5, 5.41) is 2.74. The van der Waals surface area contributed by atoms with E-state index in [0.29, 0.717) is 24.7 Å². The van der Waals surface area contributed by atoms with E-state index in [2.05, 4.69) is 5.32 Å². The summed E-state index contributed by atoms with van der Waals surface area (Å²) in [5.74, 6) is 2.41. The van der Waals surface area contributed by atoms with Gasteiger partial charge in [0.1, 0.15) is 18.1 Å². The standard InChI is InChI=1S/C19H23NO5/c1-14-4-9-17(18(12-14)23-3)25-13-19(21)20-10-11-24-16-7-5-15(22-2)6-8-16/h4-9,12H,10-11,13H2,1-3H3,(H,20,21). The molecule has 0 radical (unpaired) electrons. The number of ether oxygens (including phenoxy) is 4. The lowest BCUT2D eigenvalue weighted by atomic mass is 10.2. The fourth-order valence-corrected chi connectivity index (χ4v) is 2.12. The summed E-state index contributed by atoms with van der Waals surface area (Å²) in [7, 11) is 3.18. The summed E-state index contributed by atoms with van der Waals surface area (Å²) >= 11 is 0. The van der Waals surface area contributed by atoms with Crippen LogP contribution in [0.25, 0.3) is 0 Å². The number of hydrogen-bond donors (Lipinski definition) is 1. The molecule has 0 fully saturated rings. The largest absolute Gasteiger partial charge is 0.497 e. The van der Waals surface area contributed by atoms with E-state index in [-0.39, 0.29) is 12.5 Å². The molecule has 0 saturated carbocycles. The van der Waals surface area contributed by atoms with E-state index in [1.54, 1.807) is 20.3 Å². The lowest BCUT2D eigenvalue weighted by Crippen LogP contribution is -2.32. The predicted molar refractivity (Wildman–Crippen MR) is 94.7 cm³/mol. The van der Waals surface area contributed by atoms with Crippen molar-refractivity contribution >= 4 is 5.91 Å². The van der Waals surface area contributed by atoms with Crippen molar-refractivity contribution in [2.45, 2.75) is 6.92 Å². The highest BCUT2D eigenvalue weighted by atomic mass is 16.5. The minimum absolute atomic E-state index is 0.0814. The van der Waals surface area contributed by atoms with E-state index in [1.165, 1.54) is 0 Å². The number of nitrogens with one attached hydrogen (secondary N) is 1. The molecular weight excluding hydrogens is 322 g/mol. The van der Waals surface area contributed by atoms with Crippen molar-refractivity contribution < 1.29 is 23.7 Å². The average molecular weight is 345 g/mol. The number of amides is 1. The third-order valence-electron chi connectivity index (χ3n) is 3.43. The Labute approximate surface area is 147 Å². The molecular formula is C19H23NO5. The smallest absolute Gasteiger partial charge is 0.258 e. The van der Waals surface area contributed by atoms with E-state index in [4.69, 9.17) is 18.9 Å². The van der Waals surface area contributed by atoms with Crippen LogP contribution in [-0.4, -0.2) is 39.9 Å². The van der Waals surface area contributed by atoms with Gasteiger partial charge in [-0.3, -0.25) is 4.79 Å². The molecule has 1 amide bonds. The normalized spacial score (nSPS) is 10.0. The van der Waals surface area contributed by atoms with Gasteiger partial charge < -0.3 is 24.3 Å². The van der Waals surface area contributed by atoms with Crippen LogP contribution in [0.4, 0.5) is 0 Å². The SMILES string of the molecule is COc1ccc(OCCNC(=O)COc2ccc(C)cc2OC)cc1. The zero-order chi connectivity index (χ0) is 18.1. The molecule has 0 bridgehead atoms. The Kier molecular flexibility index (Phi) is 6.95. The van der Waals surface area contributed by atoms with Gasteiger partial charge in [0.15, 0.2) is 18.1 Å². The maximum atomic E-state index is 11.8. The number of carbonyl (C=O) groups is 1. The quantitative estimate of drug-likeness (QED) is 0.708. The van der Waals surface area contributed by atoms with Gasteiger partial charge in [0.2, 0.25) is 0 Å². The fourth-order valence-electron chi connectivity index (χ4n) is 2.12. The second-order valence-corrected chi connectivity index (χ2v) is 5.32. The van der Waals surface area contributed by atoms with Gasteiger partial charge in [0.25, 0.3) is 5.91 Å². The van der Waals surface area contributed by atoms with Crippen LogP contribution in [-0.2, 0) is 4.79 Å². The average Bonchev–Trinajstić information content (AvgIpc) is 2.64. The zero-order valence-electron chi connectivity index (χ0n) is 14.7. The summed E-state index contributed by atoms with van der Waals surface area (Å²) < 4.78 is 21.3. The molecule has 0 saturated heterocycles. The summed E-state index contributed by atoms with van der Waals surface area (Å²) in [6.07, 6.45) is 0. The number of hydrogen-bond acceptors (Lipinski definition) is 5.